The fraction of sp³-hybridized carbons (Fsp3) is 0.348. The van der Waals surface area contributed by atoms with Gasteiger partial charge in [-0.2, -0.15) is 0 Å². The molecule has 1 fully saturated rings. The van der Waals surface area contributed by atoms with Gasteiger partial charge in [0.2, 0.25) is 10.0 Å². The van der Waals surface area contributed by atoms with Crippen LogP contribution in [0.3, 0.4) is 0 Å². The maximum absolute atomic E-state index is 13.8. The van der Waals surface area contributed by atoms with E-state index in [0.29, 0.717) is 29.2 Å². The zero-order valence-electron chi connectivity index (χ0n) is 17.3. The van der Waals surface area contributed by atoms with Gasteiger partial charge in [0.15, 0.2) is 0 Å². The molecule has 1 aromatic heterocycles. The molecule has 0 radical (unpaired) electrons. The second-order valence-electron chi connectivity index (χ2n) is 8.39. The number of sulfonamides is 1. The van der Waals surface area contributed by atoms with E-state index in [0.717, 1.165) is 47.8 Å². The van der Waals surface area contributed by atoms with E-state index in [1.54, 1.807) is 24.3 Å². The molecule has 0 bridgehead atoms. The monoisotopic (exact) mass is 475 g/mol. The van der Waals surface area contributed by atoms with Crippen LogP contribution in [-0.2, 0) is 16.4 Å². The van der Waals surface area contributed by atoms with Gasteiger partial charge in [0.05, 0.1) is 22.5 Å². The Morgan fingerprint density at radius 1 is 1.16 bits per heavy atom. The van der Waals surface area contributed by atoms with Crippen molar-refractivity contribution in [1.29, 1.82) is 0 Å². The van der Waals surface area contributed by atoms with Gasteiger partial charge >= 0.3 is 0 Å². The molecule has 2 aromatic carbocycles. The number of halogens is 2. The number of rotatable bonds is 3. The lowest BCUT2D eigenvalue weighted by molar-refractivity contribution is 0.0932. The normalized spacial score (nSPS) is 20.2. The SMILES string of the molecule is O=C(NC1CCCc2c1[nH]c1ccc(F)cc21)c1ccc(Cl)c(N2CCCCS2(=O)=O)c1. The molecule has 168 valence electrons. The third-order valence-electron chi connectivity index (χ3n) is 6.30. The highest BCUT2D eigenvalue weighted by Crippen LogP contribution is 2.36. The molecule has 3 aromatic rings. The minimum atomic E-state index is -3.45. The number of fused-ring (bicyclic) bond motifs is 3. The highest BCUT2D eigenvalue weighted by molar-refractivity contribution is 7.92. The maximum Gasteiger partial charge on any atom is 0.251 e. The topological polar surface area (TPSA) is 82.3 Å². The Hall–Kier alpha value is -2.58. The first-order valence-corrected chi connectivity index (χ1v) is 12.7. The van der Waals surface area contributed by atoms with Crippen molar-refractivity contribution in [2.75, 3.05) is 16.6 Å². The van der Waals surface area contributed by atoms with Gasteiger partial charge in [-0.15, -0.1) is 0 Å². The molecular formula is C23H23ClFN3O3S. The number of aromatic nitrogens is 1. The van der Waals surface area contributed by atoms with Gasteiger partial charge in [-0.25, -0.2) is 12.8 Å². The second kappa shape index (κ2) is 8.08. The highest BCUT2D eigenvalue weighted by Gasteiger charge is 2.29. The molecule has 0 saturated carbocycles. The van der Waals surface area contributed by atoms with Crippen molar-refractivity contribution in [2.24, 2.45) is 0 Å². The van der Waals surface area contributed by atoms with E-state index < -0.39 is 10.0 Å². The first-order chi connectivity index (χ1) is 15.3. The number of benzene rings is 2. The third-order valence-corrected chi connectivity index (χ3v) is 8.48. The molecule has 2 N–H and O–H groups in total. The largest absolute Gasteiger partial charge is 0.356 e. The predicted molar refractivity (Wildman–Crippen MR) is 123 cm³/mol. The minimum Gasteiger partial charge on any atom is -0.356 e. The molecule has 1 amide bonds. The average Bonchev–Trinajstić information content (AvgIpc) is 3.13. The van der Waals surface area contributed by atoms with Gasteiger partial charge in [-0.05, 0) is 74.1 Å². The van der Waals surface area contributed by atoms with E-state index >= 15 is 0 Å². The summed E-state index contributed by atoms with van der Waals surface area (Å²) in [5, 5.41) is 4.21. The second-order valence-corrected chi connectivity index (χ2v) is 10.8. The van der Waals surface area contributed by atoms with E-state index in [1.807, 2.05) is 0 Å². The number of nitrogens with one attached hydrogen (secondary N) is 2. The van der Waals surface area contributed by atoms with Gasteiger partial charge < -0.3 is 10.3 Å². The van der Waals surface area contributed by atoms with Crippen molar-refractivity contribution >= 4 is 44.1 Å². The lowest BCUT2D eigenvalue weighted by Crippen LogP contribution is -2.38. The molecule has 0 spiro atoms. The van der Waals surface area contributed by atoms with Crippen LogP contribution in [0.25, 0.3) is 10.9 Å². The molecule has 5 rings (SSSR count). The Kier molecular flexibility index (Phi) is 5.37. The number of nitrogens with zero attached hydrogens (tertiary/aromatic N) is 1. The number of carbonyl (C=O) groups is 1. The summed E-state index contributed by atoms with van der Waals surface area (Å²) in [7, 11) is -3.45. The number of aryl methyl sites for hydroxylation is 1. The minimum absolute atomic E-state index is 0.0750. The average molecular weight is 476 g/mol. The molecule has 1 saturated heterocycles. The molecule has 1 aliphatic carbocycles. The summed E-state index contributed by atoms with van der Waals surface area (Å²) in [6.07, 6.45) is 3.82. The number of hydrogen-bond donors (Lipinski definition) is 2. The fourth-order valence-electron chi connectivity index (χ4n) is 4.73. The fourth-order valence-corrected chi connectivity index (χ4v) is 6.64. The molecule has 1 atom stereocenters. The van der Waals surface area contributed by atoms with Gasteiger partial charge in [0.25, 0.3) is 5.91 Å². The molecule has 2 aliphatic rings. The Morgan fingerprint density at radius 3 is 2.81 bits per heavy atom. The molecule has 1 unspecified atom stereocenters. The van der Waals surface area contributed by atoms with Crippen molar-refractivity contribution in [2.45, 2.75) is 38.1 Å². The number of hydrogen-bond acceptors (Lipinski definition) is 3. The predicted octanol–water partition coefficient (Wildman–Crippen LogP) is 4.70. The van der Waals surface area contributed by atoms with Crippen LogP contribution < -0.4 is 9.62 Å². The van der Waals surface area contributed by atoms with Crippen molar-refractivity contribution in [1.82, 2.24) is 10.3 Å². The number of carbonyl (C=O) groups excluding carboxylic acids is 1. The first-order valence-electron chi connectivity index (χ1n) is 10.7. The van der Waals surface area contributed by atoms with Crippen LogP contribution in [0.15, 0.2) is 36.4 Å². The molecule has 9 heteroatoms. The van der Waals surface area contributed by atoms with Crippen molar-refractivity contribution in [3.63, 3.8) is 0 Å². The zero-order valence-corrected chi connectivity index (χ0v) is 18.9. The summed E-state index contributed by atoms with van der Waals surface area (Å²) < 4.78 is 40.1. The van der Waals surface area contributed by atoms with Crippen molar-refractivity contribution in [3.8, 4) is 0 Å². The lowest BCUT2D eigenvalue weighted by Gasteiger charge is -2.29. The number of amides is 1. The smallest absolute Gasteiger partial charge is 0.251 e. The zero-order chi connectivity index (χ0) is 22.5. The van der Waals surface area contributed by atoms with E-state index in [-0.39, 0.29) is 23.5 Å². The Morgan fingerprint density at radius 2 is 2.00 bits per heavy atom. The standard InChI is InChI=1S/C23H23ClFN3O3S/c24-18-8-6-14(12-21(18)28-10-1-2-11-32(28,30)31)23(29)27-20-5-3-4-16-17-13-15(25)7-9-19(17)26-22(16)20/h6-9,12-13,20,26H,1-5,10-11H2,(H,27,29). The van der Waals surface area contributed by atoms with Crippen LogP contribution in [0.4, 0.5) is 10.1 Å². The van der Waals surface area contributed by atoms with Crippen LogP contribution in [0.2, 0.25) is 5.02 Å². The number of anilines is 1. The summed E-state index contributed by atoms with van der Waals surface area (Å²) >= 11 is 6.30. The Bertz CT molecular complexity index is 1320. The number of H-pyrrole nitrogens is 1. The lowest BCUT2D eigenvalue weighted by atomic mass is 9.91. The third kappa shape index (κ3) is 3.75. The highest BCUT2D eigenvalue weighted by atomic mass is 35.5. The van der Waals surface area contributed by atoms with E-state index in [4.69, 9.17) is 11.6 Å². The molecule has 6 nitrogen and oxygen atoms in total. The quantitative estimate of drug-likeness (QED) is 0.576. The Balaban J connectivity index is 1.44. The van der Waals surface area contributed by atoms with Crippen LogP contribution in [0, 0.1) is 5.82 Å². The van der Waals surface area contributed by atoms with Gasteiger partial charge in [0.1, 0.15) is 5.82 Å². The molecular weight excluding hydrogens is 453 g/mol. The summed E-state index contributed by atoms with van der Waals surface area (Å²) in [5.74, 6) is -0.516. The summed E-state index contributed by atoms with van der Waals surface area (Å²) in [6, 6.07) is 9.13. The Labute approximate surface area is 190 Å². The maximum atomic E-state index is 13.8. The van der Waals surface area contributed by atoms with E-state index in [2.05, 4.69) is 10.3 Å². The van der Waals surface area contributed by atoms with Crippen LogP contribution >= 0.6 is 11.6 Å². The summed E-state index contributed by atoms with van der Waals surface area (Å²) in [4.78, 5) is 16.4. The van der Waals surface area contributed by atoms with Crippen molar-refractivity contribution in [3.05, 3.63) is 64.1 Å². The van der Waals surface area contributed by atoms with Gasteiger partial charge in [-0.1, -0.05) is 11.6 Å². The van der Waals surface area contributed by atoms with Gasteiger partial charge in [0, 0.05) is 28.7 Å². The van der Waals surface area contributed by atoms with E-state index in [9.17, 15) is 17.6 Å². The summed E-state index contributed by atoms with van der Waals surface area (Å²) in [5.41, 5.74) is 3.47. The molecule has 1 aliphatic heterocycles. The molecule has 32 heavy (non-hydrogen) atoms. The van der Waals surface area contributed by atoms with Gasteiger partial charge in [-0.3, -0.25) is 9.10 Å². The number of aromatic amines is 1. The molecule has 2 heterocycles. The first kappa shape index (κ1) is 21.3. The summed E-state index contributed by atoms with van der Waals surface area (Å²) in [6.45, 7) is 0.352. The van der Waals surface area contributed by atoms with Crippen LogP contribution in [0.1, 0.15) is 53.3 Å². The van der Waals surface area contributed by atoms with Crippen LogP contribution in [-0.4, -0.2) is 31.6 Å². The van der Waals surface area contributed by atoms with Crippen molar-refractivity contribution < 1.29 is 17.6 Å². The van der Waals surface area contributed by atoms with E-state index in [1.165, 1.54) is 16.4 Å². The van der Waals surface area contributed by atoms with Crippen LogP contribution in [0.5, 0.6) is 0 Å².